The predicted molar refractivity (Wildman–Crippen MR) is 67.7 cm³/mol. The summed E-state index contributed by atoms with van der Waals surface area (Å²) in [6.07, 6.45) is 2.16. The summed E-state index contributed by atoms with van der Waals surface area (Å²) in [5.41, 5.74) is 5.00. The largest absolute Gasteiger partial charge is 0.383 e. The fourth-order valence-electron chi connectivity index (χ4n) is 2.31. The van der Waals surface area contributed by atoms with E-state index in [9.17, 15) is 4.79 Å². The van der Waals surface area contributed by atoms with Crippen LogP contribution in [-0.2, 0) is 9.53 Å². The number of nitrogens with zero attached hydrogens (tertiary/aromatic N) is 1. The average Bonchev–Trinajstić information content (AvgIpc) is 3.09. The minimum absolute atomic E-state index is 0.251. The Kier molecular flexibility index (Phi) is 4.91. The highest BCUT2D eigenvalue weighted by Gasteiger charge is 2.49. The second-order valence-corrected chi connectivity index (χ2v) is 5.08. The Morgan fingerprint density at radius 2 is 2.24 bits per heavy atom. The topological polar surface area (TPSA) is 67.6 Å². The second kappa shape index (κ2) is 5.80. The van der Waals surface area contributed by atoms with Crippen LogP contribution in [0.5, 0.6) is 0 Å². The van der Waals surface area contributed by atoms with Crippen LogP contribution in [0.25, 0.3) is 0 Å². The van der Waals surface area contributed by atoms with E-state index >= 15 is 0 Å². The molecule has 0 saturated heterocycles. The first-order valence-corrected chi connectivity index (χ1v) is 6.16. The number of ether oxygens (including phenoxy) is 1. The third kappa shape index (κ3) is 3.18. The van der Waals surface area contributed by atoms with Crippen molar-refractivity contribution < 1.29 is 9.53 Å². The quantitative estimate of drug-likeness (QED) is 0.620. The molecule has 1 aliphatic rings. The van der Waals surface area contributed by atoms with Crippen LogP contribution in [-0.4, -0.2) is 56.7 Å². The minimum atomic E-state index is -0.587. The van der Waals surface area contributed by atoms with Crippen molar-refractivity contribution >= 4 is 5.91 Å². The number of methoxy groups -OCH3 is 1. The van der Waals surface area contributed by atoms with E-state index in [1.807, 2.05) is 14.1 Å². The summed E-state index contributed by atoms with van der Waals surface area (Å²) in [5.74, 6) is 0.126. The van der Waals surface area contributed by atoms with Gasteiger partial charge in [0.05, 0.1) is 6.61 Å². The lowest BCUT2D eigenvalue weighted by molar-refractivity contribution is -0.126. The Morgan fingerprint density at radius 1 is 1.65 bits per heavy atom. The molecule has 0 aromatic rings. The fourth-order valence-corrected chi connectivity index (χ4v) is 2.31. The van der Waals surface area contributed by atoms with Crippen LogP contribution < -0.4 is 11.1 Å². The molecule has 100 valence electrons. The smallest absolute Gasteiger partial charge is 0.239 e. The van der Waals surface area contributed by atoms with E-state index < -0.39 is 5.54 Å². The highest BCUT2D eigenvalue weighted by atomic mass is 16.5. The van der Waals surface area contributed by atoms with Crippen molar-refractivity contribution in [3.63, 3.8) is 0 Å². The molecule has 5 heteroatoms. The van der Waals surface area contributed by atoms with E-state index in [-0.39, 0.29) is 11.9 Å². The van der Waals surface area contributed by atoms with Crippen molar-refractivity contribution in [2.24, 2.45) is 11.7 Å². The number of nitrogens with two attached hydrogens (primary N) is 1. The molecule has 0 bridgehead atoms. The van der Waals surface area contributed by atoms with Gasteiger partial charge in [0, 0.05) is 19.7 Å². The van der Waals surface area contributed by atoms with Crippen molar-refractivity contribution in [2.75, 3.05) is 34.4 Å². The lowest BCUT2D eigenvalue weighted by Crippen LogP contribution is -2.62. The third-order valence-electron chi connectivity index (χ3n) is 3.82. The van der Waals surface area contributed by atoms with Gasteiger partial charge in [0.25, 0.3) is 0 Å². The number of amides is 1. The van der Waals surface area contributed by atoms with Gasteiger partial charge in [0.1, 0.15) is 5.54 Å². The van der Waals surface area contributed by atoms with Gasteiger partial charge in [-0.15, -0.1) is 0 Å². The summed E-state index contributed by atoms with van der Waals surface area (Å²) < 4.78 is 5.13. The maximum atomic E-state index is 11.8. The van der Waals surface area contributed by atoms with Gasteiger partial charge >= 0.3 is 0 Å². The number of likely N-dealkylation sites (N-methyl/N-ethyl adjacent to an activating group) is 2. The Hall–Kier alpha value is -0.650. The average molecular weight is 243 g/mol. The molecule has 0 aliphatic heterocycles. The Balaban J connectivity index is 2.69. The molecule has 1 saturated carbocycles. The van der Waals surface area contributed by atoms with E-state index in [4.69, 9.17) is 10.5 Å². The molecular formula is C12H25N3O2. The van der Waals surface area contributed by atoms with Gasteiger partial charge in [-0.25, -0.2) is 0 Å². The van der Waals surface area contributed by atoms with Crippen molar-refractivity contribution in [1.82, 2.24) is 10.2 Å². The lowest BCUT2D eigenvalue weighted by atomic mass is 9.91. The van der Waals surface area contributed by atoms with Crippen LogP contribution in [0.2, 0.25) is 0 Å². The normalized spacial score (nSPS) is 21.2. The lowest BCUT2D eigenvalue weighted by Gasteiger charge is -2.36. The van der Waals surface area contributed by atoms with Crippen molar-refractivity contribution in [3.05, 3.63) is 0 Å². The molecule has 0 aromatic heterocycles. The molecule has 0 radical (unpaired) electrons. The molecule has 5 nitrogen and oxygen atoms in total. The monoisotopic (exact) mass is 243 g/mol. The van der Waals surface area contributed by atoms with Gasteiger partial charge in [0.2, 0.25) is 5.91 Å². The molecule has 1 fully saturated rings. The van der Waals surface area contributed by atoms with Gasteiger partial charge in [-0.05, 0) is 39.8 Å². The van der Waals surface area contributed by atoms with Crippen LogP contribution in [0.3, 0.4) is 0 Å². The molecule has 2 atom stereocenters. The van der Waals surface area contributed by atoms with E-state index in [2.05, 4.69) is 17.1 Å². The molecule has 17 heavy (non-hydrogen) atoms. The summed E-state index contributed by atoms with van der Waals surface area (Å²) in [6, 6.07) is 0.269. The van der Waals surface area contributed by atoms with Crippen molar-refractivity contribution in [2.45, 2.75) is 31.3 Å². The van der Waals surface area contributed by atoms with E-state index in [1.165, 1.54) is 0 Å². The zero-order chi connectivity index (χ0) is 13.1. The predicted octanol–water partition coefficient (Wildman–Crippen LogP) is -0.193. The zero-order valence-corrected chi connectivity index (χ0v) is 11.3. The highest BCUT2D eigenvalue weighted by molar-refractivity contribution is 5.85. The van der Waals surface area contributed by atoms with E-state index in [0.717, 1.165) is 12.8 Å². The number of carbonyl (C=O) groups is 1. The molecule has 0 aromatic carbocycles. The minimum Gasteiger partial charge on any atom is -0.383 e. The molecule has 0 spiro atoms. The van der Waals surface area contributed by atoms with Crippen LogP contribution in [0.15, 0.2) is 0 Å². The molecule has 2 unspecified atom stereocenters. The van der Waals surface area contributed by atoms with Gasteiger partial charge in [0.15, 0.2) is 0 Å². The summed E-state index contributed by atoms with van der Waals surface area (Å²) in [4.78, 5) is 13.9. The Labute approximate surface area is 104 Å². The van der Waals surface area contributed by atoms with Crippen LogP contribution in [0.4, 0.5) is 0 Å². The molecule has 0 heterocycles. The third-order valence-corrected chi connectivity index (χ3v) is 3.82. The fraction of sp³-hybridized carbons (Fsp3) is 0.917. The first-order chi connectivity index (χ1) is 7.97. The summed E-state index contributed by atoms with van der Waals surface area (Å²) in [6.45, 7) is 3.37. The molecular weight excluding hydrogens is 218 g/mol. The Morgan fingerprint density at radius 3 is 2.59 bits per heavy atom. The van der Waals surface area contributed by atoms with Crippen LogP contribution in [0.1, 0.15) is 19.8 Å². The van der Waals surface area contributed by atoms with Crippen molar-refractivity contribution in [3.8, 4) is 0 Å². The maximum absolute atomic E-state index is 11.8. The van der Waals surface area contributed by atoms with Crippen molar-refractivity contribution in [1.29, 1.82) is 0 Å². The van der Waals surface area contributed by atoms with Crippen LogP contribution >= 0.6 is 0 Å². The second-order valence-electron chi connectivity index (χ2n) is 5.08. The molecule has 3 N–H and O–H groups in total. The van der Waals surface area contributed by atoms with E-state index in [1.54, 1.807) is 7.11 Å². The van der Waals surface area contributed by atoms with Gasteiger partial charge in [-0.1, -0.05) is 0 Å². The zero-order valence-electron chi connectivity index (χ0n) is 11.3. The summed E-state index contributed by atoms with van der Waals surface area (Å²) in [7, 11) is 5.50. The molecule has 1 rings (SSSR count). The number of carbonyl (C=O) groups excluding carboxylic acids is 1. The van der Waals surface area contributed by atoms with Gasteiger partial charge in [-0.2, -0.15) is 0 Å². The van der Waals surface area contributed by atoms with Crippen LogP contribution in [0, 0.1) is 5.92 Å². The molecule has 1 amide bonds. The maximum Gasteiger partial charge on any atom is 0.239 e. The van der Waals surface area contributed by atoms with Gasteiger partial charge < -0.3 is 15.8 Å². The summed E-state index contributed by atoms with van der Waals surface area (Å²) in [5, 5.41) is 3.15. The number of hydrogen-bond acceptors (Lipinski definition) is 4. The number of nitrogens with one attached hydrogen (secondary N) is 1. The summed E-state index contributed by atoms with van der Waals surface area (Å²) >= 11 is 0. The first kappa shape index (κ1) is 14.4. The Bertz CT molecular complexity index is 268. The first-order valence-electron chi connectivity index (χ1n) is 6.16. The molecule has 1 aliphatic carbocycles. The van der Waals surface area contributed by atoms with E-state index in [0.29, 0.717) is 19.1 Å². The highest BCUT2D eigenvalue weighted by Crippen LogP contribution is 2.40. The number of rotatable bonds is 8. The number of hydrogen-bond donors (Lipinski definition) is 2. The van der Waals surface area contributed by atoms with Gasteiger partial charge in [-0.3, -0.25) is 9.69 Å². The SMILES string of the molecule is CNC(CN(C)C(C)COC)(C(N)=O)C1CC1. The number of primary amides is 1. The standard InChI is InChI=1S/C12H25N3O2/c1-9(7-17-4)15(3)8-12(14-2,11(13)16)10-5-6-10/h9-10,14H,5-8H2,1-4H3,(H2,13,16).